The number of carbonyl (C=O) groups is 1. The zero-order chi connectivity index (χ0) is 12.3. The van der Waals surface area contributed by atoms with Crippen LogP contribution in [-0.2, 0) is 11.3 Å². The fourth-order valence-corrected chi connectivity index (χ4v) is 1.85. The van der Waals surface area contributed by atoms with Gasteiger partial charge in [-0.05, 0) is 13.3 Å². The molecule has 2 rings (SSSR count). The lowest BCUT2D eigenvalue weighted by molar-refractivity contribution is -0.121. The molecule has 0 N–H and O–H groups in total. The lowest BCUT2D eigenvalue weighted by atomic mass is 10.1. The summed E-state index contributed by atoms with van der Waals surface area (Å²) >= 11 is 0. The van der Waals surface area contributed by atoms with Crippen molar-refractivity contribution in [3.63, 3.8) is 0 Å². The molecule has 0 aromatic carbocycles. The van der Waals surface area contributed by atoms with Crippen LogP contribution in [0.3, 0.4) is 0 Å². The Morgan fingerprint density at radius 3 is 2.69 bits per heavy atom. The monoisotopic (exact) mass is 223 g/mol. The second-order valence-electron chi connectivity index (χ2n) is 3.95. The third kappa shape index (κ3) is 2.26. The van der Waals surface area contributed by atoms with E-state index in [1.54, 1.807) is 4.90 Å². The van der Waals surface area contributed by atoms with E-state index in [1.165, 1.54) is 0 Å². The van der Waals surface area contributed by atoms with E-state index in [4.69, 9.17) is 0 Å². The van der Waals surface area contributed by atoms with Gasteiger partial charge in [0.2, 0.25) is 5.91 Å². The molecular weight excluding hydrogens is 202 g/mol. The molecule has 1 aromatic rings. The van der Waals surface area contributed by atoms with Gasteiger partial charge in [-0.1, -0.05) is 20.8 Å². The van der Waals surface area contributed by atoms with Crippen molar-refractivity contribution in [2.24, 2.45) is 5.92 Å². The fraction of sp³-hybridized carbons (Fsp3) is 0.667. The Kier molecular flexibility index (Phi) is 4.10. The highest BCUT2D eigenvalue weighted by Gasteiger charge is 2.25. The van der Waals surface area contributed by atoms with Crippen LogP contribution in [0.1, 0.15) is 32.9 Å². The molecule has 4 nitrogen and oxygen atoms in total. The Balaban J connectivity index is 0.000000606. The zero-order valence-electron chi connectivity index (χ0n) is 10.8. The SMILES string of the molecule is CC.Cc1cc2n(n1)CCC(C)C(=O)N2C. The minimum atomic E-state index is 0.0991. The van der Waals surface area contributed by atoms with Gasteiger partial charge in [-0.25, -0.2) is 4.68 Å². The van der Waals surface area contributed by atoms with Crippen molar-refractivity contribution in [3.05, 3.63) is 11.8 Å². The molecule has 1 aliphatic rings. The molecule has 1 atom stereocenters. The van der Waals surface area contributed by atoms with Crippen LogP contribution in [0.25, 0.3) is 0 Å². The van der Waals surface area contributed by atoms with Crippen LogP contribution in [0, 0.1) is 12.8 Å². The minimum Gasteiger partial charge on any atom is -0.300 e. The number of anilines is 1. The molecule has 0 saturated heterocycles. The van der Waals surface area contributed by atoms with Crippen LogP contribution in [0.4, 0.5) is 5.82 Å². The maximum Gasteiger partial charge on any atom is 0.230 e. The first-order chi connectivity index (χ1) is 7.59. The fourth-order valence-electron chi connectivity index (χ4n) is 1.85. The average molecular weight is 223 g/mol. The molecule has 0 aliphatic carbocycles. The van der Waals surface area contributed by atoms with Crippen LogP contribution >= 0.6 is 0 Å². The molecular formula is C12H21N3O. The molecule has 4 heteroatoms. The maximum atomic E-state index is 11.8. The summed E-state index contributed by atoms with van der Waals surface area (Å²) in [5.41, 5.74) is 0.967. The first kappa shape index (κ1) is 12.7. The number of amides is 1. The number of aromatic nitrogens is 2. The van der Waals surface area contributed by atoms with E-state index in [2.05, 4.69) is 5.10 Å². The van der Waals surface area contributed by atoms with Gasteiger partial charge < -0.3 is 0 Å². The highest BCUT2D eigenvalue weighted by molar-refractivity contribution is 5.93. The molecule has 1 unspecified atom stereocenters. The van der Waals surface area contributed by atoms with Crippen molar-refractivity contribution in [3.8, 4) is 0 Å². The van der Waals surface area contributed by atoms with Crippen LogP contribution in [0.15, 0.2) is 6.07 Å². The minimum absolute atomic E-state index is 0.0991. The molecule has 0 fully saturated rings. The molecule has 1 aliphatic heterocycles. The van der Waals surface area contributed by atoms with Gasteiger partial charge in [0.15, 0.2) is 0 Å². The molecule has 1 amide bonds. The lowest BCUT2D eigenvalue weighted by Crippen LogP contribution is -2.30. The normalized spacial score (nSPS) is 19.7. The third-order valence-corrected chi connectivity index (χ3v) is 2.75. The van der Waals surface area contributed by atoms with Crippen LogP contribution in [0.2, 0.25) is 0 Å². The van der Waals surface area contributed by atoms with E-state index < -0.39 is 0 Å². The topological polar surface area (TPSA) is 38.1 Å². The van der Waals surface area contributed by atoms with Crippen molar-refractivity contribution >= 4 is 11.7 Å². The summed E-state index contributed by atoms with van der Waals surface area (Å²) < 4.78 is 1.91. The number of nitrogens with zero attached hydrogens (tertiary/aromatic N) is 3. The predicted molar refractivity (Wildman–Crippen MR) is 65.5 cm³/mol. The predicted octanol–water partition coefficient (Wildman–Crippen LogP) is 2.22. The Morgan fingerprint density at radius 2 is 2.06 bits per heavy atom. The summed E-state index contributed by atoms with van der Waals surface area (Å²) in [6, 6.07) is 1.95. The van der Waals surface area contributed by atoms with E-state index in [0.717, 1.165) is 24.5 Å². The highest BCUT2D eigenvalue weighted by Crippen LogP contribution is 2.22. The summed E-state index contributed by atoms with van der Waals surface area (Å²) in [5.74, 6) is 1.20. The number of aryl methyl sites for hydroxylation is 2. The smallest absolute Gasteiger partial charge is 0.230 e. The largest absolute Gasteiger partial charge is 0.300 e. The number of rotatable bonds is 0. The van der Waals surface area contributed by atoms with E-state index in [1.807, 2.05) is 45.5 Å². The molecule has 0 spiro atoms. The van der Waals surface area contributed by atoms with Gasteiger partial charge in [-0.15, -0.1) is 0 Å². The first-order valence-electron chi connectivity index (χ1n) is 5.91. The number of carbonyl (C=O) groups excluding carboxylic acids is 1. The van der Waals surface area contributed by atoms with Gasteiger partial charge in [0, 0.05) is 25.6 Å². The summed E-state index contributed by atoms with van der Waals surface area (Å²) in [4.78, 5) is 13.5. The van der Waals surface area contributed by atoms with Gasteiger partial charge in [0.05, 0.1) is 5.69 Å². The van der Waals surface area contributed by atoms with Gasteiger partial charge in [-0.2, -0.15) is 5.10 Å². The van der Waals surface area contributed by atoms with Crippen molar-refractivity contribution < 1.29 is 4.79 Å². The molecule has 2 heterocycles. The van der Waals surface area contributed by atoms with Crippen molar-refractivity contribution in [1.29, 1.82) is 0 Å². The summed E-state index contributed by atoms with van der Waals surface area (Å²) in [6.45, 7) is 8.75. The Morgan fingerprint density at radius 1 is 1.44 bits per heavy atom. The van der Waals surface area contributed by atoms with Crippen LogP contribution in [-0.4, -0.2) is 22.7 Å². The number of hydrogen-bond donors (Lipinski definition) is 0. The number of fused-ring (bicyclic) bond motifs is 1. The zero-order valence-corrected chi connectivity index (χ0v) is 10.8. The second kappa shape index (κ2) is 5.14. The Hall–Kier alpha value is -1.32. The van der Waals surface area contributed by atoms with Gasteiger partial charge >= 0.3 is 0 Å². The van der Waals surface area contributed by atoms with Gasteiger partial charge in [0.1, 0.15) is 5.82 Å². The standard InChI is InChI=1S/C10H15N3O.C2H6/c1-7-4-5-13-9(6-8(2)11-13)12(3)10(7)14;1-2/h6-7H,4-5H2,1-3H3;1-2H3. The van der Waals surface area contributed by atoms with Crippen molar-refractivity contribution in [2.75, 3.05) is 11.9 Å². The Labute approximate surface area is 97.2 Å². The molecule has 0 radical (unpaired) electrons. The van der Waals surface area contributed by atoms with Crippen LogP contribution < -0.4 is 4.90 Å². The summed E-state index contributed by atoms with van der Waals surface area (Å²) in [7, 11) is 1.82. The van der Waals surface area contributed by atoms with Gasteiger partial charge in [0.25, 0.3) is 0 Å². The number of hydrogen-bond acceptors (Lipinski definition) is 2. The van der Waals surface area contributed by atoms with E-state index in [9.17, 15) is 4.79 Å². The average Bonchev–Trinajstić information content (AvgIpc) is 2.64. The molecule has 16 heavy (non-hydrogen) atoms. The molecule has 0 bridgehead atoms. The molecule has 1 aromatic heterocycles. The third-order valence-electron chi connectivity index (χ3n) is 2.75. The molecule has 90 valence electrons. The summed E-state index contributed by atoms with van der Waals surface area (Å²) in [6.07, 6.45) is 0.872. The van der Waals surface area contributed by atoms with E-state index in [0.29, 0.717) is 0 Å². The van der Waals surface area contributed by atoms with E-state index >= 15 is 0 Å². The quantitative estimate of drug-likeness (QED) is 0.676. The second-order valence-corrected chi connectivity index (χ2v) is 3.95. The summed E-state index contributed by atoms with van der Waals surface area (Å²) in [5, 5.41) is 4.35. The van der Waals surface area contributed by atoms with Gasteiger partial charge in [-0.3, -0.25) is 9.69 Å². The highest BCUT2D eigenvalue weighted by atomic mass is 16.2. The molecule has 0 saturated carbocycles. The maximum absolute atomic E-state index is 11.8. The van der Waals surface area contributed by atoms with Crippen molar-refractivity contribution in [1.82, 2.24) is 9.78 Å². The Bertz CT molecular complexity index is 370. The van der Waals surface area contributed by atoms with Crippen molar-refractivity contribution in [2.45, 2.75) is 40.7 Å². The first-order valence-corrected chi connectivity index (χ1v) is 5.91. The van der Waals surface area contributed by atoms with Crippen LogP contribution in [0.5, 0.6) is 0 Å². The lowest BCUT2D eigenvalue weighted by Gasteiger charge is -2.16. The van der Waals surface area contributed by atoms with E-state index in [-0.39, 0.29) is 11.8 Å².